The lowest BCUT2D eigenvalue weighted by atomic mass is 10.1. The third kappa shape index (κ3) is 7.28. The Kier molecular flexibility index (Phi) is 8.94. The van der Waals surface area contributed by atoms with Gasteiger partial charge in [-0.1, -0.05) is 36.4 Å². The quantitative estimate of drug-likeness (QED) is 0.476. The van der Waals surface area contributed by atoms with E-state index in [4.69, 9.17) is 14.2 Å². The number of esters is 1. The van der Waals surface area contributed by atoms with Crippen LogP contribution in [0, 0.1) is 0 Å². The number of methoxy groups -OCH3 is 2. The molecule has 2 aromatic rings. The monoisotopic (exact) mass is 411 g/mol. The smallest absolute Gasteiger partial charge is 0.331 e. The number of ether oxygens (including phenoxy) is 3. The van der Waals surface area contributed by atoms with Crippen molar-refractivity contribution >= 4 is 18.0 Å². The normalized spacial score (nSPS) is 12.8. The van der Waals surface area contributed by atoms with Crippen molar-refractivity contribution in [1.29, 1.82) is 0 Å². The highest BCUT2D eigenvalue weighted by molar-refractivity contribution is 5.90. The number of hydrogen-bond donors (Lipinski definition) is 1. The number of nitrogens with one attached hydrogen (secondary N) is 1. The average molecular weight is 411 g/mol. The highest BCUT2D eigenvalue weighted by Gasteiger charge is 2.18. The van der Waals surface area contributed by atoms with Gasteiger partial charge in [-0.15, -0.1) is 0 Å². The van der Waals surface area contributed by atoms with E-state index >= 15 is 0 Å². The Morgan fingerprint density at radius 1 is 1.00 bits per heavy atom. The Balaban J connectivity index is 1.81. The Bertz CT molecular complexity index is 863. The lowest BCUT2D eigenvalue weighted by Crippen LogP contribution is -2.40. The Morgan fingerprint density at radius 3 is 2.37 bits per heavy atom. The van der Waals surface area contributed by atoms with E-state index in [1.807, 2.05) is 25.1 Å². The maximum absolute atomic E-state index is 12.3. The summed E-state index contributed by atoms with van der Waals surface area (Å²) >= 11 is 0. The Labute approximate surface area is 177 Å². The van der Waals surface area contributed by atoms with Crippen molar-refractivity contribution in [2.24, 2.45) is 0 Å². The molecule has 6 heteroatoms. The molecule has 0 unspecified atom stereocenters. The molecule has 0 fully saturated rings. The molecule has 30 heavy (non-hydrogen) atoms. The largest absolute Gasteiger partial charge is 0.493 e. The summed E-state index contributed by atoms with van der Waals surface area (Å²) in [5, 5.41) is 2.89. The molecule has 0 aliphatic rings. The average Bonchev–Trinajstić information content (AvgIpc) is 2.76. The zero-order chi connectivity index (χ0) is 21.9. The Hall–Kier alpha value is -3.28. The van der Waals surface area contributed by atoms with Crippen LogP contribution in [0.1, 0.15) is 31.4 Å². The molecule has 2 aromatic carbocycles. The molecular weight excluding hydrogens is 382 g/mol. The lowest BCUT2D eigenvalue weighted by Gasteiger charge is -2.17. The van der Waals surface area contributed by atoms with Crippen LogP contribution < -0.4 is 14.8 Å². The summed E-state index contributed by atoms with van der Waals surface area (Å²) in [6.07, 6.45) is 3.66. The van der Waals surface area contributed by atoms with Gasteiger partial charge in [-0.3, -0.25) is 4.79 Å². The van der Waals surface area contributed by atoms with Crippen molar-refractivity contribution in [3.05, 3.63) is 65.7 Å². The predicted octanol–water partition coefficient (Wildman–Crippen LogP) is 3.79. The van der Waals surface area contributed by atoms with Gasteiger partial charge in [0.15, 0.2) is 17.6 Å². The van der Waals surface area contributed by atoms with E-state index in [9.17, 15) is 9.59 Å². The molecule has 160 valence electrons. The molecule has 6 nitrogen and oxygen atoms in total. The zero-order valence-electron chi connectivity index (χ0n) is 17.9. The summed E-state index contributed by atoms with van der Waals surface area (Å²) in [6, 6.07) is 15.3. The number of amides is 1. The maximum Gasteiger partial charge on any atom is 0.331 e. The first kappa shape index (κ1) is 23.0. The van der Waals surface area contributed by atoms with Crippen molar-refractivity contribution in [1.82, 2.24) is 5.32 Å². The van der Waals surface area contributed by atoms with E-state index in [0.717, 1.165) is 18.4 Å². The van der Waals surface area contributed by atoms with Gasteiger partial charge in [0.05, 0.1) is 14.2 Å². The van der Waals surface area contributed by atoms with E-state index in [2.05, 4.69) is 17.4 Å². The molecule has 0 saturated heterocycles. The number of benzene rings is 2. The highest BCUT2D eigenvalue weighted by atomic mass is 16.5. The first-order valence-electron chi connectivity index (χ1n) is 9.88. The summed E-state index contributed by atoms with van der Waals surface area (Å²) in [6.45, 7) is 3.49. The van der Waals surface area contributed by atoms with Gasteiger partial charge in [-0.2, -0.15) is 0 Å². The van der Waals surface area contributed by atoms with Gasteiger partial charge < -0.3 is 19.5 Å². The standard InChI is InChI=1S/C24H29NO5/c1-17(10-11-19-8-6-5-7-9-19)25-24(27)18(2)30-23(26)15-13-20-12-14-21(28-3)22(16-20)29-4/h5-9,12-18H,10-11H2,1-4H3,(H,25,27)/b15-13+/t17-,18-/m1/s1. The molecule has 0 aromatic heterocycles. The van der Waals surface area contributed by atoms with Gasteiger partial charge >= 0.3 is 5.97 Å². The van der Waals surface area contributed by atoms with E-state index in [1.54, 1.807) is 45.4 Å². The van der Waals surface area contributed by atoms with Crippen molar-refractivity contribution in [3.63, 3.8) is 0 Å². The van der Waals surface area contributed by atoms with E-state index in [-0.39, 0.29) is 11.9 Å². The van der Waals surface area contributed by atoms with Crippen LogP contribution in [0.4, 0.5) is 0 Å². The van der Waals surface area contributed by atoms with Gasteiger partial charge in [0, 0.05) is 12.1 Å². The van der Waals surface area contributed by atoms with Gasteiger partial charge in [-0.05, 0) is 56.0 Å². The van der Waals surface area contributed by atoms with Crippen molar-refractivity contribution in [2.75, 3.05) is 14.2 Å². The summed E-state index contributed by atoms with van der Waals surface area (Å²) in [4.78, 5) is 24.3. The second-order valence-corrected chi connectivity index (χ2v) is 6.96. The van der Waals surface area contributed by atoms with Gasteiger partial charge in [0.25, 0.3) is 5.91 Å². The number of aryl methyl sites for hydroxylation is 1. The molecule has 1 amide bonds. The highest BCUT2D eigenvalue weighted by Crippen LogP contribution is 2.27. The molecule has 0 radical (unpaired) electrons. The van der Waals surface area contributed by atoms with E-state index in [0.29, 0.717) is 11.5 Å². The van der Waals surface area contributed by atoms with Crippen LogP contribution in [0.25, 0.3) is 6.08 Å². The van der Waals surface area contributed by atoms with Crippen LogP contribution >= 0.6 is 0 Å². The molecule has 2 rings (SSSR count). The van der Waals surface area contributed by atoms with Crippen molar-refractivity contribution < 1.29 is 23.8 Å². The first-order chi connectivity index (χ1) is 14.4. The second-order valence-electron chi connectivity index (χ2n) is 6.96. The zero-order valence-corrected chi connectivity index (χ0v) is 17.9. The second kappa shape index (κ2) is 11.7. The maximum atomic E-state index is 12.3. The van der Waals surface area contributed by atoms with Gasteiger partial charge in [-0.25, -0.2) is 4.79 Å². The molecule has 0 bridgehead atoms. The van der Waals surface area contributed by atoms with Crippen LogP contribution in [0.3, 0.4) is 0 Å². The summed E-state index contributed by atoms with van der Waals surface area (Å²) < 4.78 is 15.6. The third-order valence-corrected chi connectivity index (χ3v) is 4.58. The first-order valence-corrected chi connectivity index (χ1v) is 9.88. The summed E-state index contributed by atoms with van der Waals surface area (Å²) in [5.74, 6) is 0.252. The van der Waals surface area contributed by atoms with Crippen LogP contribution in [-0.4, -0.2) is 38.2 Å². The number of hydrogen-bond acceptors (Lipinski definition) is 5. The Morgan fingerprint density at radius 2 is 1.70 bits per heavy atom. The van der Waals surface area contributed by atoms with E-state index < -0.39 is 12.1 Å². The molecule has 1 N–H and O–H groups in total. The van der Waals surface area contributed by atoms with Gasteiger partial charge in [0.1, 0.15) is 0 Å². The number of rotatable bonds is 10. The molecular formula is C24H29NO5. The molecule has 0 saturated carbocycles. The molecule has 2 atom stereocenters. The summed E-state index contributed by atoms with van der Waals surface area (Å²) in [5.41, 5.74) is 1.97. The minimum Gasteiger partial charge on any atom is -0.493 e. The molecule has 0 spiro atoms. The minimum atomic E-state index is -0.883. The molecule has 0 aliphatic carbocycles. The number of carbonyl (C=O) groups is 2. The third-order valence-electron chi connectivity index (χ3n) is 4.58. The van der Waals surface area contributed by atoms with Crippen molar-refractivity contribution in [2.45, 2.75) is 38.8 Å². The van der Waals surface area contributed by atoms with Crippen LogP contribution in [-0.2, 0) is 20.7 Å². The fraction of sp³-hybridized carbons (Fsp3) is 0.333. The number of carbonyl (C=O) groups excluding carboxylic acids is 2. The molecule has 0 heterocycles. The van der Waals surface area contributed by atoms with Crippen LogP contribution in [0.15, 0.2) is 54.6 Å². The topological polar surface area (TPSA) is 73.9 Å². The lowest BCUT2D eigenvalue weighted by molar-refractivity contribution is -0.150. The fourth-order valence-electron chi connectivity index (χ4n) is 2.85. The SMILES string of the molecule is COc1ccc(/C=C/C(=O)O[C@H](C)C(=O)N[C@H](C)CCc2ccccc2)cc1OC. The fourth-order valence-corrected chi connectivity index (χ4v) is 2.85. The van der Waals surface area contributed by atoms with Crippen LogP contribution in [0.2, 0.25) is 0 Å². The van der Waals surface area contributed by atoms with Crippen molar-refractivity contribution in [3.8, 4) is 11.5 Å². The predicted molar refractivity (Wildman–Crippen MR) is 117 cm³/mol. The van der Waals surface area contributed by atoms with Crippen LogP contribution in [0.5, 0.6) is 11.5 Å². The molecule has 0 aliphatic heterocycles. The van der Waals surface area contributed by atoms with E-state index in [1.165, 1.54) is 11.6 Å². The summed E-state index contributed by atoms with van der Waals surface area (Å²) in [7, 11) is 3.10. The van der Waals surface area contributed by atoms with Gasteiger partial charge in [0.2, 0.25) is 0 Å². The minimum absolute atomic E-state index is 0.0267.